The molecule has 0 bridgehead atoms. The van der Waals surface area contributed by atoms with Crippen LogP contribution < -0.4 is 0 Å². The Kier molecular flexibility index (Phi) is 3.45. The van der Waals surface area contributed by atoms with E-state index in [4.69, 9.17) is 0 Å². The molecule has 9 heavy (non-hydrogen) atoms. The van der Waals surface area contributed by atoms with Crippen LogP contribution in [0.3, 0.4) is 0 Å². The van der Waals surface area contributed by atoms with Crippen LogP contribution >= 0.6 is 0 Å². The molecule has 47 valence electrons. The van der Waals surface area contributed by atoms with Crippen molar-refractivity contribution < 1.29 is 8.78 Å². The van der Waals surface area contributed by atoms with E-state index in [9.17, 15) is 8.78 Å². The first kappa shape index (κ1) is 8.61. The van der Waals surface area contributed by atoms with Gasteiger partial charge in [-0.25, -0.2) is 8.78 Å². The van der Waals surface area contributed by atoms with Crippen LogP contribution in [-0.2, 0) is 0 Å². The quantitative estimate of drug-likeness (QED) is 0.466. The van der Waals surface area contributed by atoms with Gasteiger partial charge in [0.25, 0.3) is 0 Å². The number of benzene rings is 1. The van der Waals surface area contributed by atoms with Gasteiger partial charge in [0.05, 0.1) is 0 Å². The number of hydrogen-bond donors (Lipinski definition) is 0. The van der Waals surface area contributed by atoms with E-state index in [1.165, 1.54) is 0 Å². The zero-order valence-electron chi connectivity index (χ0n) is 3.99. The molecule has 1 rings (SSSR count). The molecule has 1 aromatic rings. The van der Waals surface area contributed by atoms with E-state index in [2.05, 4.69) is 6.07 Å². The van der Waals surface area contributed by atoms with Crippen LogP contribution in [0.2, 0.25) is 0 Å². The van der Waals surface area contributed by atoms with Gasteiger partial charge in [-0.2, -0.15) is 0 Å². The van der Waals surface area contributed by atoms with Crippen molar-refractivity contribution in [2.45, 2.75) is 0 Å². The fourth-order valence-electron chi connectivity index (χ4n) is 0.416. The molecule has 0 aliphatic heterocycles. The molecule has 0 heterocycles. The van der Waals surface area contributed by atoms with Gasteiger partial charge in [-0.15, -0.1) is 0 Å². The molecular weight excluding hydrogens is 137 g/mol. The summed E-state index contributed by atoms with van der Waals surface area (Å²) in [4.78, 5) is 0. The van der Waals surface area contributed by atoms with Crippen LogP contribution in [0, 0.1) is 17.7 Å². The lowest BCUT2D eigenvalue weighted by Gasteiger charge is -1.83. The highest BCUT2D eigenvalue weighted by Crippen LogP contribution is 1.98. The minimum absolute atomic E-state index is 0. The molecule has 1 radical (unpaired) electrons. The highest BCUT2D eigenvalue weighted by atomic mass is 27.0. The third-order valence-corrected chi connectivity index (χ3v) is 0.718. The Morgan fingerprint density at radius 3 is 1.78 bits per heavy atom. The van der Waals surface area contributed by atoms with E-state index in [0.29, 0.717) is 0 Å². The molecule has 0 aliphatic rings. The standard InChI is InChI=1S/C6H3F2.Al.3H/c7-5-2-1-3-6(8)4-5;;;;/h2-4H;;;;. The van der Waals surface area contributed by atoms with E-state index >= 15 is 0 Å². The fraction of sp³-hybridized carbons (Fsp3) is 0. The number of rotatable bonds is 0. The first-order valence-corrected chi connectivity index (χ1v) is 2.11. The molecule has 0 aromatic heterocycles. The second-order valence-electron chi connectivity index (χ2n) is 1.37. The van der Waals surface area contributed by atoms with Gasteiger partial charge in [-0.05, 0) is 18.2 Å². The SMILES string of the molecule is Fc1c[c]cc(F)c1.[AlH3]. The second-order valence-corrected chi connectivity index (χ2v) is 1.37. The highest BCUT2D eigenvalue weighted by Gasteiger charge is 1.88. The topological polar surface area (TPSA) is 0 Å². The number of hydrogen-bond acceptors (Lipinski definition) is 0. The van der Waals surface area contributed by atoms with Crippen LogP contribution in [0.4, 0.5) is 8.78 Å². The van der Waals surface area contributed by atoms with Gasteiger partial charge in [0.2, 0.25) is 0 Å². The molecule has 0 saturated carbocycles. The van der Waals surface area contributed by atoms with Crippen LogP contribution in [0.1, 0.15) is 0 Å². The maximum atomic E-state index is 11.9. The summed E-state index contributed by atoms with van der Waals surface area (Å²) in [5, 5.41) is 0. The molecule has 0 amide bonds. The molecule has 0 N–H and O–H groups in total. The molecule has 1 aromatic carbocycles. The lowest BCUT2D eigenvalue weighted by molar-refractivity contribution is 0.583. The summed E-state index contributed by atoms with van der Waals surface area (Å²) in [6, 6.07) is 5.23. The molecule has 0 saturated heterocycles. The minimum Gasteiger partial charge on any atom is -0.207 e. The van der Waals surface area contributed by atoms with E-state index in [1.54, 1.807) is 0 Å². The lowest BCUT2D eigenvalue weighted by atomic mass is 10.3. The third kappa shape index (κ3) is 2.60. The zero-order valence-corrected chi connectivity index (χ0v) is 3.99. The van der Waals surface area contributed by atoms with Gasteiger partial charge in [0.15, 0.2) is 17.4 Å². The van der Waals surface area contributed by atoms with E-state index in [-0.39, 0.29) is 17.4 Å². The Labute approximate surface area is 62.6 Å². The molecule has 0 fully saturated rings. The second kappa shape index (κ2) is 3.60. The number of halogens is 2. The Hall–Kier alpha value is -0.388. The van der Waals surface area contributed by atoms with E-state index in [1.807, 2.05) is 0 Å². The van der Waals surface area contributed by atoms with Crippen molar-refractivity contribution in [3.05, 3.63) is 35.9 Å². The van der Waals surface area contributed by atoms with Crippen LogP contribution in [0.5, 0.6) is 0 Å². The Balaban J connectivity index is 0.000000640. The first-order valence-electron chi connectivity index (χ1n) is 2.11. The van der Waals surface area contributed by atoms with Crippen molar-refractivity contribution in [1.82, 2.24) is 0 Å². The van der Waals surface area contributed by atoms with Gasteiger partial charge in [-0.3, -0.25) is 0 Å². The molecule has 3 heteroatoms. The zero-order chi connectivity index (χ0) is 5.98. The summed E-state index contributed by atoms with van der Waals surface area (Å²) in [6.07, 6.45) is 0. The molecule has 0 spiro atoms. The normalized spacial score (nSPS) is 8.22. The average Bonchev–Trinajstić information content (AvgIpc) is 1.64. The van der Waals surface area contributed by atoms with Gasteiger partial charge in [0.1, 0.15) is 11.6 Å². The average molecular weight is 143 g/mol. The summed E-state index contributed by atoms with van der Waals surface area (Å²) < 4.78 is 23.8. The van der Waals surface area contributed by atoms with E-state index in [0.717, 1.165) is 18.2 Å². The summed E-state index contributed by atoms with van der Waals surface area (Å²) in [5.74, 6) is -1.19. The largest absolute Gasteiger partial charge is 0.207 e. The third-order valence-electron chi connectivity index (χ3n) is 0.718. The van der Waals surface area contributed by atoms with Gasteiger partial charge in [0, 0.05) is 6.07 Å². The maximum absolute atomic E-state index is 11.9. The van der Waals surface area contributed by atoms with Gasteiger partial charge in [-0.1, -0.05) is 0 Å². The predicted octanol–water partition coefficient (Wildman–Crippen LogP) is 0.581. The monoisotopic (exact) mass is 143 g/mol. The van der Waals surface area contributed by atoms with Crippen molar-refractivity contribution in [3.63, 3.8) is 0 Å². The summed E-state index contributed by atoms with van der Waals surface area (Å²) in [5.41, 5.74) is 0. The van der Waals surface area contributed by atoms with Crippen molar-refractivity contribution >= 4 is 17.4 Å². The molecule has 0 nitrogen and oxygen atoms in total. The maximum Gasteiger partial charge on any atom is 0.187 e. The summed E-state index contributed by atoms with van der Waals surface area (Å²) in [6.45, 7) is 0. The van der Waals surface area contributed by atoms with Crippen molar-refractivity contribution in [2.24, 2.45) is 0 Å². The minimum atomic E-state index is -0.593. The van der Waals surface area contributed by atoms with Crippen LogP contribution in [-0.4, -0.2) is 17.4 Å². The van der Waals surface area contributed by atoms with Gasteiger partial charge >= 0.3 is 0 Å². The highest BCUT2D eigenvalue weighted by molar-refractivity contribution is 5.75. The lowest BCUT2D eigenvalue weighted by Crippen LogP contribution is -1.74. The Bertz CT molecular complexity index is 171. The van der Waals surface area contributed by atoms with Crippen molar-refractivity contribution in [2.75, 3.05) is 0 Å². The van der Waals surface area contributed by atoms with Gasteiger partial charge < -0.3 is 0 Å². The first-order chi connectivity index (χ1) is 3.79. The fourth-order valence-corrected chi connectivity index (χ4v) is 0.416. The summed E-state index contributed by atoms with van der Waals surface area (Å²) in [7, 11) is 0. The van der Waals surface area contributed by atoms with E-state index < -0.39 is 11.6 Å². The van der Waals surface area contributed by atoms with Crippen molar-refractivity contribution in [1.29, 1.82) is 0 Å². The molecule has 0 atom stereocenters. The molecule has 0 unspecified atom stereocenters. The summed E-state index contributed by atoms with van der Waals surface area (Å²) >= 11 is 0. The smallest absolute Gasteiger partial charge is 0.187 e. The van der Waals surface area contributed by atoms with Crippen LogP contribution in [0.25, 0.3) is 0 Å². The molecular formula is C6H6AlF2. The van der Waals surface area contributed by atoms with Crippen molar-refractivity contribution in [3.8, 4) is 0 Å². The molecule has 0 aliphatic carbocycles. The Morgan fingerprint density at radius 1 is 1.11 bits per heavy atom. The predicted molar refractivity (Wildman–Crippen MR) is 35.1 cm³/mol. The Morgan fingerprint density at radius 2 is 1.56 bits per heavy atom. The van der Waals surface area contributed by atoms with Crippen LogP contribution in [0.15, 0.2) is 18.2 Å².